The number of nitriles is 1. The van der Waals surface area contributed by atoms with Gasteiger partial charge in [-0.05, 0) is 29.3 Å². The predicted octanol–water partition coefficient (Wildman–Crippen LogP) is 0.711. The maximum Gasteiger partial charge on any atom is 0.216 e. The minimum Gasteiger partial charge on any atom is -0.396 e. The molecule has 0 unspecified atom stereocenters. The average molecular weight is 256 g/mol. The lowest BCUT2D eigenvalue weighted by molar-refractivity contribution is 0.299. The van der Waals surface area contributed by atoms with Crippen molar-refractivity contribution in [1.29, 1.82) is 5.26 Å². The van der Waals surface area contributed by atoms with Gasteiger partial charge in [0, 0.05) is 18.5 Å². The minimum absolute atomic E-state index is 0.128. The van der Waals surface area contributed by atoms with Crippen LogP contribution in [0.3, 0.4) is 0 Å². The molecule has 0 saturated heterocycles. The quantitative estimate of drug-likeness (QED) is 0.679. The first-order valence-corrected chi connectivity index (χ1v) is 5.64. The lowest BCUT2D eigenvalue weighted by Gasteiger charge is -2.03. The monoisotopic (exact) mass is 256 g/mol. The first-order chi connectivity index (χ1) is 9.33. The highest BCUT2D eigenvalue weighted by Crippen LogP contribution is 2.12. The zero-order valence-corrected chi connectivity index (χ0v) is 10.0. The molecule has 1 aromatic carbocycles. The molecule has 7 nitrogen and oxygen atoms in total. The Morgan fingerprint density at radius 2 is 2.21 bits per heavy atom. The van der Waals surface area contributed by atoms with Crippen molar-refractivity contribution in [3.8, 4) is 6.07 Å². The van der Waals surface area contributed by atoms with E-state index in [4.69, 9.17) is 10.4 Å². The molecule has 0 atom stereocenters. The lowest BCUT2D eigenvalue weighted by Crippen LogP contribution is -1.94. The maximum atomic E-state index is 8.98. The fraction of sp³-hybridized carbons (Fsp3) is 0.167. The van der Waals surface area contributed by atoms with Crippen LogP contribution in [0.5, 0.6) is 0 Å². The lowest BCUT2D eigenvalue weighted by atomic mass is 10.1. The molecule has 0 aliphatic carbocycles. The Morgan fingerprint density at radius 1 is 1.42 bits per heavy atom. The summed E-state index contributed by atoms with van der Waals surface area (Å²) in [6.07, 6.45) is 2.15. The van der Waals surface area contributed by atoms with Gasteiger partial charge in [0.2, 0.25) is 5.82 Å². The van der Waals surface area contributed by atoms with Gasteiger partial charge in [-0.15, -0.1) is 10.2 Å². The van der Waals surface area contributed by atoms with Crippen molar-refractivity contribution in [2.24, 2.45) is 0 Å². The Kier molecular flexibility index (Phi) is 4.21. The fourth-order valence-corrected chi connectivity index (χ4v) is 1.47. The van der Waals surface area contributed by atoms with Crippen LogP contribution in [0.25, 0.3) is 5.57 Å². The van der Waals surface area contributed by atoms with E-state index in [9.17, 15) is 0 Å². The molecule has 0 aliphatic heterocycles. The van der Waals surface area contributed by atoms with Gasteiger partial charge in [-0.3, -0.25) is 0 Å². The summed E-state index contributed by atoms with van der Waals surface area (Å²) in [5.41, 5.74) is 2.17. The van der Waals surface area contributed by atoms with Crippen LogP contribution in [-0.4, -0.2) is 32.3 Å². The normalized spacial score (nSPS) is 11.1. The van der Waals surface area contributed by atoms with Crippen molar-refractivity contribution in [2.45, 2.75) is 6.42 Å². The maximum absolute atomic E-state index is 8.98. The number of benzene rings is 1. The number of aliphatic hydroxyl groups excluding tert-OH is 1. The Bertz CT molecular complexity index is 582. The van der Waals surface area contributed by atoms with Crippen molar-refractivity contribution in [3.63, 3.8) is 0 Å². The van der Waals surface area contributed by atoms with Crippen molar-refractivity contribution in [1.82, 2.24) is 20.6 Å². The largest absolute Gasteiger partial charge is 0.396 e. The summed E-state index contributed by atoms with van der Waals surface area (Å²) >= 11 is 0. The topological polar surface area (TPSA) is 111 Å². The van der Waals surface area contributed by atoms with Gasteiger partial charge in [-0.1, -0.05) is 12.1 Å². The molecular weight excluding hydrogens is 244 g/mol. The van der Waals surface area contributed by atoms with Crippen LogP contribution in [0.2, 0.25) is 0 Å². The van der Waals surface area contributed by atoms with Gasteiger partial charge >= 0.3 is 0 Å². The van der Waals surface area contributed by atoms with Gasteiger partial charge in [-0.2, -0.15) is 10.5 Å². The summed E-state index contributed by atoms with van der Waals surface area (Å²) in [5, 5.41) is 33.9. The number of hydrogen-bond acceptors (Lipinski definition) is 6. The number of tetrazole rings is 1. The highest BCUT2D eigenvalue weighted by atomic mass is 16.2. The number of hydrogen-bond donors (Lipinski definition) is 3. The number of nitrogens with one attached hydrogen (secondary N) is 2. The second-order valence-electron chi connectivity index (χ2n) is 3.72. The summed E-state index contributed by atoms with van der Waals surface area (Å²) in [5.74, 6) is 0.243. The first-order valence-electron chi connectivity index (χ1n) is 5.64. The predicted molar refractivity (Wildman–Crippen MR) is 68.6 cm³/mol. The van der Waals surface area contributed by atoms with E-state index in [1.165, 1.54) is 6.20 Å². The van der Waals surface area contributed by atoms with E-state index < -0.39 is 0 Å². The molecule has 96 valence electrons. The number of H-pyrrole nitrogens is 1. The number of rotatable bonds is 5. The van der Waals surface area contributed by atoms with Crippen molar-refractivity contribution < 1.29 is 5.11 Å². The van der Waals surface area contributed by atoms with E-state index in [0.717, 1.165) is 11.3 Å². The molecule has 0 saturated carbocycles. The summed E-state index contributed by atoms with van der Waals surface area (Å²) in [7, 11) is 0. The average Bonchev–Trinajstić information content (AvgIpc) is 2.96. The smallest absolute Gasteiger partial charge is 0.216 e. The third-order valence-corrected chi connectivity index (χ3v) is 2.44. The number of allylic oxidation sites excluding steroid dienone is 1. The number of nitrogens with zero attached hydrogens (tertiary/aromatic N) is 4. The molecule has 2 rings (SSSR count). The Hall–Kier alpha value is -2.72. The van der Waals surface area contributed by atoms with Gasteiger partial charge in [0.05, 0.1) is 0 Å². The van der Waals surface area contributed by atoms with Crippen molar-refractivity contribution >= 4 is 11.3 Å². The molecule has 0 bridgehead atoms. The highest BCUT2D eigenvalue weighted by Gasteiger charge is 2.04. The molecule has 19 heavy (non-hydrogen) atoms. The standard InChI is InChI=1S/C12H12N6O/c13-7-10(12-15-17-18-16-12)8-14-11-3-1-9(2-4-11)5-6-19/h1-4,8,14,19H,5-6H2,(H,15,16,17,18). The van der Waals surface area contributed by atoms with Crippen molar-refractivity contribution in [2.75, 3.05) is 11.9 Å². The van der Waals surface area contributed by atoms with E-state index in [1.807, 2.05) is 30.3 Å². The highest BCUT2D eigenvalue weighted by molar-refractivity contribution is 5.73. The SMILES string of the molecule is N#CC(=CNc1ccc(CCO)cc1)c1nn[nH]n1. The molecule has 2 aromatic rings. The summed E-state index contributed by atoms with van der Waals surface area (Å²) in [4.78, 5) is 0. The van der Waals surface area contributed by atoms with E-state index in [1.54, 1.807) is 0 Å². The zero-order chi connectivity index (χ0) is 13.5. The molecule has 0 aliphatic rings. The number of aromatic amines is 1. The van der Waals surface area contributed by atoms with Crippen LogP contribution in [0.15, 0.2) is 30.5 Å². The van der Waals surface area contributed by atoms with Crippen molar-refractivity contribution in [3.05, 3.63) is 41.9 Å². The van der Waals surface area contributed by atoms with Gasteiger partial charge < -0.3 is 10.4 Å². The van der Waals surface area contributed by atoms with Crippen LogP contribution in [-0.2, 0) is 6.42 Å². The molecule has 0 amide bonds. The van der Waals surface area contributed by atoms with Crippen LogP contribution in [0, 0.1) is 11.3 Å². The third-order valence-electron chi connectivity index (χ3n) is 2.44. The van der Waals surface area contributed by atoms with E-state index in [2.05, 4.69) is 25.9 Å². The second kappa shape index (κ2) is 6.28. The third kappa shape index (κ3) is 3.37. The first kappa shape index (κ1) is 12.7. The second-order valence-corrected chi connectivity index (χ2v) is 3.72. The van der Waals surface area contributed by atoms with E-state index in [-0.39, 0.29) is 18.0 Å². The van der Waals surface area contributed by atoms with Gasteiger partial charge in [0.15, 0.2) is 0 Å². The zero-order valence-electron chi connectivity index (χ0n) is 10.0. The molecule has 1 aromatic heterocycles. The Balaban J connectivity index is 2.07. The summed E-state index contributed by atoms with van der Waals surface area (Å²) < 4.78 is 0. The molecule has 0 radical (unpaired) electrons. The van der Waals surface area contributed by atoms with Crippen LogP contribution >= 0.6 is 0 Å². The molecular formula is C12H12N6O. The number of aliphatic hydroxyl groups is 1. The van der Waals surface area contributed by atoms with Gasteiger partial charge in [-0.25, -0.2) is 0 Å². The number of aromatic nitrogens is 4. The van der Waals surface area contributed by atoms with Gasteiger partial charge in [0.1, 0.15) is 11.6 Å². The van der Waals surface area contributed by atoms with Crippen LogP contribution < -0.4 is 5.32 Å². The minimum atomic E-state index is 0.128. The summed E-state index contributed by atoms with van der Waals surface area (Å²) in [6, 6.07) is 9.54. The van der Waals surface area contributed by atoms with Crippen LogP contribution in [0.4, 0.5) is 5.69 Å². The molecule has 7 heteroatoms. The number of anilines is 1. The van der Waals surface area contributed by atoms with E-state index in [0.29, 0.717) is 6.42 Å². The fourth-order valence-electron chi connectivity index (χ4n) is 1.47. The Labute approximate surface area is 109 Å². The molecule has 0 fully saturated rings. The molecule has 3 N–H and O–H groups in total. The summed E-state index contributed by atoms with van der Waals surface area (Å²) in [6.45, 7) is 0.128. The van der Waals surface area contributed by atoms with E-state index >= 15 is 0 Å². The Morgan fingerprint density at radius 3 is 2.79 bits per heavy atom. The molecule has 1 heterocycles. The van der Waals surface area contributed by atoms with Gasteiger partial charge in [0.25, 0.3) is 0 Å². The molecule has 0 spiro atoms. The van der Waals surface area contributed by atoms with Crippen LogP contribution in [0.1, 0.15) is 11.4 Å².